The van der Waals surface area contributed by atoms with Crippen molar-refractivity contribution in [2.75, 3.05) is 4.90 Å². The third kappa shape index (κ3) is 3.30. The van der Waals surface area contributed by atoms with Crippen LogP contribution in [0, 0.1) is 13.8 Å². The van der Waals surface area contributed by atoms with Crippen LogP contribution in [-0.2, 0) is 4.79 Å². The van der Waals surface area contributed by atoms with Gasteiger partial charge >= 0.3 is 0 Å². The van der Waals surface area contributed by atoms with Crippen LogP contribution in [0.3, 0.4) is 0 Å². The van der Waals surface area contributed by atoms with E-state index in [4.69, 9.17) is 0 Å². The van der Waals surface area contributed by atoms with Crippen molar-refractivity contribution in [3.63, 3.8) is 0 Å². The lowest BCUT2D eigenvalue weighted by Gasteiger charge is -2.36. The van der Waals surface area contributed by atoms with Crippen molar-refractivity contribution in [1.82, 2.24) is 10.6 Å². The molecule has 0 saturated carbocycles. The molecule has 0 saturated heterocycles. The molecule has 0 radical (unpaired) electrons. The number of hydrogen-bond acceptors (Lipinski definition) is 5. The molecular weight excluding hydrogens is 282 g/mol. The lowest BCUT2D eigenvalue weighted by atomic mass is 10.1. The number of anilines is 1. The summed E-state index contributed by atoms with van der Waals surface area (Å²) in [6.45, 7) is 7.27. The third-order valence-electron chi connectivity index (χ3n) is 3.61. The largest absolute Gasteiger partial charge is 0.374 e. The van der Waals surface area contributed by atoms with Gasteiger partial charge in [0.25, 0.3) is 0 Å². The van der Waals surface area contributed by atoms with Crippen molar-refractivity contribution in [2.45, 2.75) is 46.7 Å². The summed E-state index contributed by atoms with van der Waals surface area (Å²) in [5.74, 6) is 0.235. The summed E-state index contributed by atoms with van der Waals surface area (Å²) in [5, 5.41) is 25.3. The van der Waals surface area contributed by atoms with Gasteiger partial charge in [-0.25, -0.2) is 5.32 Å². The molecule has 6 heteroatoms. The van der Waals surface area contributed by atoms with Crippen LogP contribution in [0.4, 0.5) is 5.69 Å². The Balaban J connectivity index is 2.57. The predicted octanol–water partition coefficient (Wildman–Crippen LogP) is 1.07. The SMILES string of the molecule is CCC1=C(N(C(C)=O)c2cc(C)cc(C)c2)NC(O)NC1O. The van der Waals surface area contributed by atoms with Crippen LogP contribution in [0.5, 0.6) is 0 Å². The van der Waals surface area contributed by atoms with E-state index in [1.807, 2.05) is 39.0 Å². The van der Waals surface area contributed by atoms with E-state index in [0.717, 1.165) is 11.1 Å². The molecule has 2 atom stereocenters. The smallest absolute Gasteiger partial charge is 0.229 e. The number of aryl methyl sites for hydroxylation is 2. The van der Waals surface area contributed by atoms with E-state index >= 15 is 0 Å². The number of rotatable bonds is 3. The molecule has 4 N–H and O–H groups in total. The number of nitrogens with one attached hydrogen (secondary N) is 2. The lowest BCUT2D eigenvalue weighted by molar-refractivity contribution is -0.116. The molecule has 1 heterocycles. The number of aliphatic hydroxyl groups is 2. The van der Waals surface area contributed by atoms with Gasteiger partial charge in [0.15, 0.2) is 6.35 Å². The molecule has 6 nitrogen and oxygen atoms in total. The molecule has 1 amide bonds. The molecule has 1 aliphatic rings. The fraction of sp³-hybridized carbons (Fsp3) is 0.438. The van der Waals surface area contributed by atoms with Gasteiger partial charge in [-0.2, -0.15) is 0 Å². The molecular formula is C16H23N3O3. The van der Waals surface area contributed by atoms with Crippen LogP contribution >= 0.6 is 0 Å². The molecule has 0 bridgehead atoms. The zero-order valence-electron chi connectivity index (χ0n) is 13.3. The Morgan fingerprint density at radius 2 is 1.82 bits per heavy atom. The fourth-order valence-corrected chi connectivity index (χ4v) is 2.76. The first kappa shape index (κ1) is 16.5. The number of amides is 1. The molecule has 0 fully saturated rings. The highest BCUT2D eigenvalue weighted by Crippen LogP contribution is 2.26. The van der Waals surface area contributed by atoms with Crippen LogP contribution in [0.15, 0.2) is 29.6 Å². The van der Waals surface area contributed by atoms with Gasteiger partial charge in [0.05, 0.1) is 5.69 Å². The molecule has 120 valence electrons. The Bertz CT molecular complexity index is 592. The Kier molecular flexibility index (Phi) is 4.85. The summed E-state index contributed by atoms with van der Waals surface area (Å²) in [6, 6.07) is 5.82. The van der Waals surface area contributed by atoms with E-state index in [1.54, 1.807) is 0 Å². The minimum atomic E-state index is -1.12. The quantitative estimate of drug-likeness (QED) is 0.671. The highest BCUT2D eigenvalue weighted by Gasteiger charge is 2.30. The second kappa shape index (κ2) is 6.48. The summed E-state index contributed by atoms with van der Waals surface area (Å²) < 4.78 is 0. The van der Waals surface area contributed by atoms with Crippen LogP contribution in [0.1, 0.15) is 31.4 Å². The normalized spacial score (nSPS) is 21.5. The minimum Gasteiger partial charge on any atom is -0.374 e. The highest BCUT2D eigenvalue weighted by atomic mass is 16.3. The fourth-order valence-electron chi connectivity index (χ4n) is 2.76. The molecule has 22 heavy (non-hydrogen) atoms. The monoisotopic (exact) mass is 305 g/mol. The van der Waals surface area contributed by atoms with Crippen molar-refractivity contribution in [3.8, 4) is 0 Å². The first-order valence-corrected chi connectivity index (χ1v) is 7.34. The highest BCUT2D eigenvalue weighted by molar-refractivity contribution is 5.95. The van der Waals surface area contributed by atoms with Crippen molar-refractivity contribution < 1.29 is 15.0 Å². The van der Waals surface area contributed by atoms with E-state index < -0.39 is 12.6 Å². The van der Waals surface area contributed by atoms with Crippen LogP contribution in [0.2, 0.25) is 0 Å². The first-order chi connectivity index (χ1) is 10.3. The van der Waals surface area contributed by atoms with E-state index in [0.29, 0.717) is 23.5 Å². The number of nitrogens with zero attached hydrogens (tertiary/aromatic N) is 1. The molecule has 1 aromatic rings. The van der Waals surface area contributed by atoms with Gasteiger partial charge in [-0.1, -0.05) is 13.0 Å². The summed E-state index contributed by atoms with van der Waals surface area (Å²) in [4.78, 5) is 13.7. The van der Waals surface area contributed by atoms with Crippen molar-refractivity contribution in [3.05, 3.63) is 40.7 Å². The van der Waals surface area contributed by atoms with Gasteiger partial charge in [0.1, 0.15) is 12.0 Å². The Hall–Kier alpha value is -1.89. The Morgan fingerprint density at radius 1 is 1.23 bits per heavy atom. The molecule has 0 spiro atoms. The standard InChI is InChI=1S/C16H23N3O3/c1-5-13-14(17-16(22)18-15(13)21)19(11(4)20)12-7-9(2)6-10(3)8-12/h6-8,15-18,21-22H,5H2,1-4H3. The zero-order chi connectivity index (χ0) is 16.4. The molecule has 0 aliphatic carbocycles. The van der Waals surface area contributed by atoms with Crippen LogP contribution in [0.25, 0.3) is 0 Å². The average Bonchev–Trinajstić information content (AvgIpc) is 2.36. The maximum absolute atomic E-state index is 12.2. The topological polar surface area (TPSA) is 84.8 Å². The zero-order valence-corrected chi connectivity index (χ0v) is 13.3. The second-order valence-corrected chi connectivity index (χ2v) is 5.54. The average molecular weight is 305 g/mol. The van der Waals surface area contributed by atoms with E-state index in [9.17, 15) is 15.0 Å². The van der Waals surface area contributed by atoms with E-state index in [2.05, 4.69) is 10.6 Å². The molecule has 1 aliphatic heterocycles. The summed E-state index contributed by atoms with van der Waals surface area (Å²) in [7, 11) is 0. The summed E-state index contributed by atoms with van der Waals surface area (Å²) in [6.07, 6.45) is -1.57. The Morgan fingerprint density at radius 3 is 2.32 bits per heavy atom. The van der Waals surface area contributed by atoms with Crippen molar-refractivity contribution >= 4 is 11.6 Å². The number of aliphatic hydroxyl groups excluding tert-OH is 2. The predicted molar refractivity (Wildman–Crippen MR) is 84.7 cm³/mol. The maximum atomic E-state index is 12.2. The molecule has 2 rings (SSSR count). The van der Waals surface area contributed by atoms with Gasteiger partial charge in [0, 0.05) is 12.5 Å². The van der Waals surface area contributed by atoms with Gasteiger partial charge in [-0.15, -0.1) is 0 Å². The molecule has 2 unspecified atom stereocenters. The molecule has 0 aromatic heterocycles. The maximum Gasteiger partial charge on any atom is 0.229 e. The van der Waals surface area contributed by atoms with Crippen molar-refractivity contribution in [2.24, 2.45) is 0 Å². The summed E-state index contributed by atoms with van der Waals surface area (Å²) in [5.41, 5.74) is 3.41. The first-order valence-electron chi connectivity index (χ1n) is 7.34. The van der Waals surface area contributed by atoms with E-state index in [-0.39, 0.29) is 5.91 Å². The van der Waals surface area contributed by atoms with Gasteiger partial charge in [-0.05, 0) is 43.5 Å². The third-order valence-corrected chi connectivity index (χ3v) is 3.61. The number of carbonyl (C=O) groups excluding carboxylic acids is 1. The van der Waals surface area contributed by atoms with Gasteiger partial charge < -0.3 is 15.5 Å². The summed E-state index contributed by atoms with van der Waals surface area (Å²) >= 11 is 0. The van der Waals surface area contributed by atoms with Crippen molar-refractivity contribution in [1.29, 1.82) is 0 Å². The Labute approximate surface area is 130 Å². The van der Waals surface area contributed by atoms with Crippen LogP contribution < -0.4 is 15.5 Å². The number of hydrogen-bond donors (Lipinski definition) is 4. The number of benzene rings is 1. The van der Waals surface area contributed by atoms with E-state index in [1.165, 1.54) is 11.8 Å². The van der Waals surface area contributed by atoms with Gasteiger partial charge in [0.2, 0.25) is 5.91 Å². The van der Waals surface area contributed by atoms with Gasteiger partial charge in [-0.3, -0.25) is 9.69 Å². The minimum absolute atomic E-state index is 0.195. The number of carbonyl (C=O) groups is 1. The second-order valence-electron chi connectivity index (χ2n) is 5.54. The molecule has 1 aromatic carbocycles. The lowest BCUT2D eigenvalue weighted by Crippen LogP contribution is -2.56. The van der Waals surface area contributed by atoms with Crippen LogP contribution in [-0.4, -0.2) is 28.7 Å².